The van der Waals surface area contributed by atoms with Crippen LogP contribution in [-0.4, -0.2) is 37.4 Å². The van der Waals surface area contributed by atoms with E-state index in [1.165, 1.54) is 0 Å². The second-order valence-electron chi connectivity index (χ2n) is 6.30. The smallest absolute Gasteiger partial charge is 0.257 e. The number of rotatable bonds is 10. The summed E-state index contributed by atoms with van der Waals surface area (Å²) in [5.41, 5.74) is 0.304. The molecular weight excluding hydrogens is 396 g/mol. The van der Waals surface area contributed by atoms with Gasteiger partial charge in [0.15, 0.2) is 6.61 Å². The molecule has 0 fully saturated rings. The SMILES string of the molecule is CCNC(=O)COc1ccc(NC(=O)CCCNC(=O)c2ccc(F)cc2F)cc1. The number of halogens is 2. The van der Waals surface area contributed by atoms with Crippen molar-refractivity contribution in [2.45, 2.75) is 19.8 Å². The van der Waals surface area contributed by atoms with Crippen LogP contribution in [0.15, 0.2) is 42.5 Å². The summed E-state index contributed by atoms with van der Waals surface area (Å²) in [6, 6.07) is 9.25. The van der Waals surface area contributed by atoms with Crippen LogP contribution in [0.4, 0.5) is 14.5 Å². The Hall–Kier alpha value is -3.49. The average molecular weight is 419 g/mol. The van der Waals surface area contributed by atoms with E-state index in [4.69, 9.17) is 4.74 Å². The second-order valence-corrected chi connectivity index (χ2v) is 6.30. The number of hydrogen-bond acceptors (Lipinski definition) is 4. The zero-order valence-electron chi connectivity index (χ0n) is 16.5. The van der Waals surface area contributed by atoms with Gasteiger partial charge in [-0.15, -0.1) is 0 Å². The standard InChI is InChI=1S/C21H23F2N3O4/c1-2-24-20(28)13-30-16-8-6-15(7-9-16)26-19(27)4-3-11-25-21(29)17-10-5-14(22)12-18(17)23/h5-10,12H,2-4,11,13H2,1H3,(H,24,28)(H,25,29)(H,26,27). The zero-order chi connectivity index (χ0) is 21.9. The molecule has 3 N–H and O–H groups in total. The third kappa shape index (κ3) is 7.50. The summed E-state index contributed by atoms with van der Waals surface area (Å²) in [5.74, 6) is -2.35. The molecule has 9 heteroatoms. The Morgan fingerprint density at radius 1 is 0.967 bits per heavy atom. The maximum atomic E-state index is 13.5. The summed E-state index contributed by atoms with van der Waals surface area (Å²) in [5, 5.41) is 7.81. The lowest BCUT2D eigenvalue weighted by Crippen LogP contribution is -2.28. The second kappa shape index (κ2) is 11.5. The Bertz CT molecular complexity index is 888. The van der Waals surface area contributed by atoms with Crippen LogP contribution in [0.5, 0.6) is 5.75 Å². The first-order chi connectivity index (χ1) is 14.4. The van der Waals surface area contributed by atoms with Crippen LogP contribution >= 0.6 is 0 Å². The summed E-state index contributed by atoms with van der Waals surface area (Å²) in [6.45, 7) is 2.41. The lowest BCUT2D eigenvalue weighted by molar-refractivity contribution is -0.123. The molecule has 0 bridgehead atoms. The van der Waals surface area contributed by atoms with Crippen LogP contribution in [0.2, 0.25) is 0 Å². The highest BCUT2D eigenvalue weighted by Gasteiger charge is 2.12. The molecule has 0 unspecified atom stereocenters. The number of amides is 3. The van der Waals surface area contributed by atoms with E-state index < -0.39 is 17.5 Å². The summed E-state index contributed by atoms with van der Waals surface area (Å²) in [6.07, 6.45) is 0.482. The maximum absolute atomic E-state index is 13.5. The van der Waals surface area contributed by atoms with Crippen LogP contribution in [-0.2, 0) is 9.59 Å². The van der Waals surface area contributed by atoms with E-state index in [1.54, 1.807) is 24.3 Å². The van der Waals surface area contributed by atoms with E-state index in [1.807, 2.05) is 6.92 Å². The summed E-state index contributed by atoms with van der Waals surface area (Å²) in [7, 11) is 0. The molecule has 0 aliphatic heterocycles. The molecule has 30 heavy (non-hydrogen) atoms. The van der Waals surface area contributed by atoms with E-state index in [-0.39, 0.29) is 37.0 Å². The third-order valence-electron chi connectivity index (χ3n) is 3.92. The molecule has 2 aromatic rings. The largest absolute Gasteiger partial charge is 0.484 e. The molecule has 0 saturated heterocycles. The Kier molecular flexibility index (Phi) is 8.74. The predicted molar refractivity (Wildman–Crippen MR) is 107 cm³/mol. The first-order valence-corrected chi connectivity index (χ1v) is 9.41. The van der Waals surface area contributed by atoms with Gasteiger partial charge in [-0.05, 0) is 49.7 Å². The molecule has 0 atom stereocenters. The monoisotopic (exact) mass is 419 g/mol. The molecule has 0 saturated carbocycles. The maximum Gasteiger partial charge on any atom is 0.257 e. The highest BCUT2D eigenvalue weighted by Crippen LogP contribution is 2.16. The van der Waals surface area contributed by atoms with Gasteiger partial charge in [-0.25, -0.2) is 8.78 Å². The van der Waals surface area contributed by atoms with Gasteiger partial charge in [-0.1, -0.05) is 0 Å². The van der Waals surface area contributed by atoms with Crippen molar-refractivity contribution in [1.29, 1.82) is 0 Å². The molecule has 0 aromatic heterocycles. The Balaban J connectivity index is 1.69. The lowest BCUT2D eigenvalue weighted by Gasteiger charge is -2.09. The number of anilines is 1. The van der Waals surface area contributed by atoms with Crippen molar-refractivity contribution in [2.24, 2.45) is 0 Å². The van der Waals surface area contributed by atoms with Gasteiger partial charge in [0.25, 0.3) is 11.8 Å². The van der Waals surface area contributed by atoms with Crippen molar-refractivity contribution < 1.29 is 27.9 Å². The molecule has 7 nitrogen and oxygen atoms in total. The number of carbonyl (C=O) groups excluding carboxylic acids is 3. The first-order valence-electron chi connectivity index (χ1n) is 9.41. The van der Waals surface area contributed by atoms with Gasteiger partial charge < -0.3 is 20.7 Å². The van der Waals surface area contributed by atoms with Crippen LogP contribution in [0.3, 0.4) is 0 Å². The molecule has 0 heterocycles. The van der Waals surface area contributed by atoms with Crippen LogP contribution < -0.4 is 20.7 Å². The zero-order valence-corrected chi connectivity index (χ0v) is 16.5. The minimum absolute atomic E-state index is 0.0902. The van der Waals surface area contributed by atoms with Gasteiger partial charge in [-0.3, -0.25) is 14.4 Å². The Labute approximate surface area is 172 Å². The normalized spacial score (nSPS) is 10.2. The molecule has 2 aromatic carbocycles. The highest BCUT2D eigenvalue weighted by molar-refractivity contribution is 5.94. The highest BCUT2D eigenvalue weighted by atomic mass is 19.1. The van der Waals surface area contributed by atoms with Crippen molar-refractivity contribution in [3.8, 4) is 5.75 Å². The number of ether oxygens (including phenoxy) is 1. The number of benzene rings is 2. The minimum atomic E-state index is -0.941. The summed E-state index contributed by atoms with van der Waals surface area (Å²) in [4.78, 5) is 35.2. The number of hydrogen-bond donors (Lipinski definition) is 3. The molecule has 0 aliphatic rings. The van der Waals surface area contributed by atoms with Gasteiger partial charge in [0.05, 0.1) is 5.56 Å². The van der Waals surface area contributed by atoms with Gasteiger partial charge in [0.1, 0.15) is 17.4 Å². The fourth-order valence-electron chi connectivity index (χ4n) is 2.47. The van der Waals surface area contributed by atoms with Crippen molar-refractivity contribution in [1.82, 2.24) is 10.6 Å². The van der Waals surface area contributed by atoms with E-state index in [2.05, 4.69) is 16.0 Å². The molecule has 0 spiro atoms. The quantitative estimate of drug-likeness (QED) is 0.516. The van der Waals surface area contributed by atoms with Crippen molar-refractivity contribution in [3.63, 3.8) is 0 Å². The minimum Gasteiger partial charge on any atom is -0.484 e. The van der Waals surface area contributed by atoms with Crippen molar-refractivity contribution in [3.05, 3.63) is 59.7 Å². The average Bonchev–Trinajstić information content (AvgIpc) is 2.71. The van der Waals surface area contributed by atoms with Crippen LogP contribution in [0.25, 0.3) is 0 Å². The Morgan fingerprint density at radius 2 is 1.70 bits per heavy atom. The van der Waals surface area contributed by atoms with E-state index in [0.717, 1.165) is 12.1 Å². The van der Waals surface area contributed by atoms with E-state index in [9.17, 15) is 23.2 Å². The van der Waals surface area contributed by atoms with Crippen LogP contribution in [0, 0.1) is 11.6 Å². The molecule has 0 radical (unpaired) electrons. The number of nitrogens with one attached hydrogen (secondary N) is 3. The number of likely N-dealkylation sites (N-methyl/N-ethyl adjacent to an activating group) is 1. The molecule has 160 valence electrons. The first kappa shape index (κ1) is 22.8. The summed E-state index contributed by atoms with van der Waals surface area (Å²) < 4.78 is 31.7. The Morgan fingerprint density at radius 3 is 2.37 bits per heavy atom. The molecule has 0 aliphatic carbocycles. The number of carbonyl (C=O) groups is 3. The van der Waals surface area contributed by atoms with Gasteiger partial charge >= 0.3 is 0 Å². The van der Waals surface area contributed by atoms with Gasteiger partial charge in [0.2, 0.25) is 5.91 Å². The van der Waals surface area contributed by atoms with E-state index >= 15 is 0 Å². The van der Waals surface area contributed by atoms with Crippen LogP contribution in [0.1, 0.15) is 30.1 Å². The molecule has 3 amide bonds. The summed E-state index contributed by atoms with van der Waals surface area (Å²) >= 11 is 0. The van der Waals surface area contributed by atoms with E-state index in [0.29, 0.717) is 30.5 Å². The molecule has 2 rings (SSSR count). The van der Waals surface area contributed by atoms with Crippen molar-refractivity contribution in [2.75, 3.05) is 25.0 Å². The predicted octanol–water partition coefficient (Wildman–Crippen LogP) is 2.63. The molecular formula is C21H23F2N3O4. The lowest BCUT2D eigenvalue weighted by atomic mass is 10.2. The third-order valence-corrected chi connectivity index (χ3v) is 3.92. The fraction of sp³-hybridized carbons (Fsp3) is 0.286. The fourth-order valence-corrected chi connectivity index (χ4v) is 2.47. The van der Waals surface area contributed by atoms with Gasteiger partial charge in [-0.2, -0.15) is 0 Å². The van der Waals surface area contributed by atoms with Gasteiger partial charge in [0, 0.05) is 31.3 Å². The topological polar surface area (TPSA) is 96.5 Å². The van der Waals surface area contributed by atoms with Crippen molar-refractivity contribution >= 4 is 23.4 Å².